The number of hydrogen-bond donors (Lipinski definition) is 2. The molecule has 0 atom stereocenters. The van der Waals surface area contributed by atoms with E-state index in [1.54, 1.807) is 11.1 Å². The van der Waals surface area contributed by atoms with Crippen molar-refractivity contribution in [2.75, 3.05) is 15.8 Å². The Hall–Kier alpha value is -5.06. The number of hydrogen-bond acceptors (Lipinski definition) is 9. The number of nitro groups is 2. The average Bonchev–Trinajstić information content (AvgIpc) is 2.83. The van der Waals surface area contributed by atoms with E-state index >= 15 is 0 Å². The molecular weight excluding hydrogens is 426 g/mol. The molecule has 0 fully saturated rings. The first-order chi connectivity index (χ1) is 16.0. The molecule has 4 rings (SSSR count). The van der Waals surface area contributed by atoms with Crippen molar-refractivity contribution < 1.29 is 9.85 Å². The monoisotopic (exact) mass is 443 g/mol. The first kappa shape index (κ1) is 21.2. The van der Waals surface area contributed by atoms with Gasteiger partial charge in [-0.15, -0.1) is 0 Å². The van der Waals surface area contributed by atoms with E-state index in [-0.39, 0.29) is 23.0 Å². The zero-order chi connectivity index (χ0) is 23.2. The molecule has 11 nitrogen and oxygen atoms in total. The topological polar surface area (TPSA) is 139 Å². The molecule has 0 saturated carbocycles. The van der Waals surface area contributed by atoms with Crippen molar-refractivity contribution >= 4 is 40.1 Å². The summed E-state index contributed by atoms with van der Waals surface area (Å²) in [7, 11) is 0. The van der Waals surface area contributed by atoms with Crippen LogP contribution in [0.2, 0.25) is 0 Å². The van der Waals surface area contributed by atoms with Crippen molar-refractivity contribution in [3.8, 4) is 0 Å². The Kier molecular flexibility index (Phi) is 6.03. The Bertz CT molecular complexity index is 1250. The predicted molar refractivity (Wildman–Crippen MR) is 124 cm³/mol. The molecule has 0 unspecified atom stereocenters. The second kappa shape index (κ2) is 9.39. The molecule has 33 heavy (non-hydrogen) atoms. The number of rotatable bonds is 8. The highest BCUT2D eigenvalue weighted by Gasteiger charge is 2.25. The third kappa shape index (κ3) is 4.82. The number of para-hydroxylation sites is 2. The molecule has 2 N–H and O–H groups in total. The van der Waals surface area contributed by atoms with Gasteiger partial charge in [0.2, 0.25) is 11.6 Å². The molecule has 4 aromatic rings. The second-order valence-corrected chi connectivity index (χ2v) is 6.73. The van der Waals surface area contributed by atoms with Gasteiger partial charge in [-0.05, 0) is 30.3 Å². The summed E-state index contributed by atoms with van der Waals surface area (Å²) in [5.41, 5.74) is 4.17. The van der Waals surface area contributed by atoms with Gasteiger partial charge in [-0.3, -0.25) is 30.7 Å². The molecule has 3 aromatic carbocycles. The van der Waals surface area contributed by atoms with Crippen LogP contribution in [0, 0.1) is 20.2 Å². The highest BCUT2D eigenvalue weighted by Crippen LogP contribution is 2.34. The summed E-state index contributed by atoms with van der Waals surface area (Å²) in [6.07, 6.45) is 1.17. The van der Waals surface area contributed by atoms with Gasteiger partial charge < -0.3 is 5.32 Å². The molecule has 0 spiro atoms. The third-order valence-corrected chi connectivity index (χ3v) is 4.57. The van der Waals surface area contributed by atoms with E-state index in [0.717, 1.165) is 11.4 Å². The lowest BCUT2D eigenvalue weighted by Crippen LogP contribution is -2.26. The number of non-ortho nitro benzene ring substituents is 1. The highest BCUT2D eigenvalue weighted by molar-refractivity contribution is 5.77. The van der Waals surface area contributed by atoms with Crippen molar-refractivity contribution in [1.29, 1.82) is 0 Å². The van der Waals surface area contributed by atoms with Gasteiger partial charge in [0.1, 0.15) is 6.33 Å². The first-order valence-corrected chi connectivity index (χ1v) is 9.70. The van der Waals surface area contributed by atoms with Crippen molar-refractivity contribution in [3.63, 3.8) is 0 Å². The number of anilines is 5. The van der Waals surface area contributed by atoms with Crippen LogP contribution in [-0.4, -0.2) is 19.8 Å². The van der Waals surface area contributed by atoms with Crippen LogP contribution in [-0.2, 0) is 0 Å². The summed E-state index contributed by atoms with van der Waals surface area (Å²) in [6.45, 7) is 0. The van der Waals surface area contributed by atoms with Gasteiger partial charge in [-0.2, -0.15) is 0 Å². The van der Waals surface area contributed by atoms with E-state index in [0.29, 0.717) is 0 Å². The SMILES string of the molecule is O=[N+]([O-])c1cccc(Nc2ncnc(NN(c3ccccc3)c3ccccc3)c2[N+](=O)[O-])c1. The van der Waals surface area contributed by atoms with Crippen molar-refractivity contribution in [2.45, 2.75) is 0 Å². The van der Waals surface area contributed by atoms with E-state index in [2.05, 4.69) is 20.7 Å². The van der Waals surface area contributed by atoms with Crippen molar-refractivity contribution in [2.24, 2.45) is 0 Å². The van der Waals surface area contributed by atoms with Crippen LogP contribution in [0.3, 0.4) is 0 Å². The van der Waals surface area contributed by atoms with Crippen LogP contribution in [0.15, 0.2) is 91.3 Å². The Morgan fingerprint density at radius 3 is 1.91 bits per heavy atom. The standard InChI is InChI=1S/C22H17N7O4/c30-28(31)19-13-7-8-16(14-19)25-21-20(29(32)33)22(24-15-23-21)26-27(17-9-3-1-4-10-17)18-11-5-2-6-12-18/h1-15H,(H2,23,24,25,26). The van der Waals surface area contributed by atoms with Crippen molar-refractivity contribution in [1.82, 2.24) is 9.97 Å². The predicted octanol–water partition coefficient (Wildman–Crippen LogP) is 5.20. The first-order valence-electron chi connectivity index (χ1n) is 9.70. The lowest BCUT2D eigenvalue weighted by Gasteiger charge is -2.26. The zero-order valence-corrected chi connectivity index (χ0v) is 17.0. The minimum atomic E-state index is -0.615. The number of nitrogens with one attached hydrogen (secondary N) is 2. The Balaban J connectivity index is 1.74. The number of benzene rings is 3. The van der Waals surface area contributed by atoms with Crippen LogP contribution in [0.1, 0.15) is 0 Å². The molecular formula is C22H17N7O4. The summed E-state index contributed by atoms with van der Waals surface area (Å²) in [4.78, 5) is 29.9. The van der Waals surface area contributed by atoms with Crippen LogP contribution in [0.4, 0.5) is 40.1 Å². The molecule has 1 heterocycles. The summed E-state index contributed by atoms with van der Waals surface area (Å²) in [5, 5.41) is 27.5. The number of nitro benzene ring substituents is 1. The van der Waals surface area contributed by atoms with Gasteiger partial charge in [0.25, 0.3) is 5.69 Å². The van der Waals surface area contributed by atoms with E-state index in [9.17, 15) is 20.2 Å². The molecule has 0 aliphatic carbocycles. The fraction of sp³-hybridized carbons (Fsp3) is 0. The summed E-state index contributed by atoms with van der Waals surface area (Å²) in [6, 6.07) is 24.1. The molecule has 0 aliphatic rings. The largest absolute Gasteiger partial charge is 0.355 e. The Labute approximate surface area is 187 Å². The molecule has 164 valence electrons. The zero-order valence-electron chi connectivity index (χ0n) is 17.0. The Morgan fingerprint density at radius 1 is 0.727 bits per heavy atom. The minimum Gasteiger partial charge on any atom is -0.334 e. The molecule has 0 aliphatic heterocycles. The molecule has 0 saturated heterocycles. The fourth-order valence-electron chi connectivity index (χ4n) is 3.10. The van der Waals surface area contributed by atoms with Crippen molar-refractivity contribution in [3.05, 3.63) is 111 Å². The van der Waals surface area contributed by atoms with Gasteiger partial charge >= 0.3 is 5.69 Å². The average molecular weight is 443 g/mol. The molecule has 0 bridgehead atoms. The van der Waals surface area contributed by atoms with Gasteiger partial charge in [-0.25, -0.2) is 9.97 Å². The minimum absolute atomic E-state index is 0.0596. The fourth-order valence-corrected chi connectivity index (χ4v) is 3.10. The summed E-state index contributed by atoms with van der Waals surface area (Å²) in [5.74, 6) is -0.172. The molecule has 11 heteroatoms. The number of nitrogens with zero attached hydrogens (tertiary/aromatic N) is 5. The van der Waals surface area contributed by atoms with Crippen LogP contribution in [0.5, 0.6) is 0 Å². The van der Waals surface area contributed by atoms with Crippen LogP contribution < -0.4 is 15.8 Å². The normalized spacial score (nSPS) is 10.3. The Morgan fingerprint density at radius 2 is 1.33 bits per heavy atom. The van der Waals surface area contributed by atoms with E-state index in [4.69, 9.17) is 0 Å². The highest BCUT2D eigenvalue weighted by atomic mass is 16.6. The van der Waals surface area contributed by atoms with E-state index < -0.39 is 15.5 Å². The van der Waals surface area contributed by atoms with Crippen LogP contribution in [0.25, 0.3) is 0 Å². The molecule has 1 aromatic heterocycles. The van der Waals surface area contributed by atoms with Gasteiger partial charge in [0, 0.05) is 17.8 Å². The molecule has 0 radical (unpaired) electrons. The number of hydrazine groups is 1. The van der Waals surface area contributed by atoms with Gasteiger partial charge in [0.15, 0.2) is 0 Å². The van der Waals surface area contributed by atoms with E-state index in [1.807, 2.05) is 60.7 Å². The van der Waals surface area contributed by atoms with E-state index in [1.165, 1.54) is 24.5 Å². The maximum Gasteiger partial charge on any atom is 0.355 e. The third-order valence-electron chi connectivity index (χ3n) is 4.57. The second-order valence-electron chi connectivity index (χ2n) is 6.73. The summed E-state index contributed by atoms with van der Waals surface area (Å²) < 4.78 is 0. The number of aromatic nitrogens is 2. The van der Waals surface area contributed by atoms with Crippen LogP contribution >= 0.6 is 0 Å². The van der Waals surface area contributed by atoms with Gasteiger partial charge in [0.05, 0.1) is 21.2 Å². The lowest BCUT2D eigenvalue weighted by atomic mass is 10.2. The quantitative estimate of drug-likeness (QED) is 0.278. The van der Waals surface area contributed by atoms with Gasteiger partial charge in [-0.1, -0.05) is 42.5 Å². The molecule has 0 amide bonds. The smallest absolute Gasteiger partial charge is 0.334 e. The lowest BCUT2D eigenvalue weighted by molar-refractivity contribution is -0.384. The maximum absolute atomic E-state index is 12.0. The summed E-state index contributed by atoms with van der Waals surface area (Å²) >= 11 is 0. The maximum atomic E-state index is 12.0.